The number of carbonyl (C=O) groups is 3. The molecule has 1 aliphatic rings. The number of carboxylic acids is 1. The van der Waals surface area contributed by atoms with E-state index in [4.69, 9.17) is 10.8 Å². The largest absolute Gasteiger partial charge is 0.481 e. The molecule has 0 saturated heterocycles. The number of carbonyl (C=O) groups excluding carboxylic acids is 2. The molecule has 1 aromatic carbocycles. The van der Waals surface area contributed by atoms with Gasteiger partial charge in [-0.25, -0.2) is 0 Å². The second-order valence-electron chi connectivity index (χ2n) is 6.79. The van der Waals surface area contributed by atoms with Gasteiger partial charge in [-0.05, 0) is 37.0 Å². The third kappa shape index (κ3) is 6.21. The second kappa shape index (κ2) is 9.20. The minimum Gasteiger partial charge on any atom is -0.481 e. The monoisotopic (exact) mass is 346 g/mol. The average Bonchev–Trinajstić information content (AvgIpc) is 2.60. The molecule has 0 radical (unpaired) electrons. The Kier molecular flexibility index (Phi) is 6.98. The molecule has 2 rings (SSSR count). The Morgan fingerprint density at radius 3 is 2.48 bits per heavy atom. The zero-order chi connectivity index (χ0) is 18.2. The Labute approximate surface area is 147 Å². The Morgan fingerprint density at radius 2 is 1.84 bits per heavy atom. The molecule has 136 valence electrons. The molecule has 4 N–H and O–H groups in total. The van der Waals surface area contributed by atoms with E-state index < -0.39 is 11.9 Å². The molecule has 1 unspecified atom stereocenters. The lowest BCUT2D eigenvalue weighted by atomic mass is 9.84. The maximum Gasteiger partial charge on any atom is 0.303 e. The van der Waals surface area contributed by atoms with Crippen molar-refractivity contribution in [2.45, 2.75) is 57.4 Å². The summed E-state index contributed by atoms with van der Waals surface area (Å²) in [5, 5.41) is 11.9. The van der Waals surface area contributed by atoms with Gasteiger partial charge >= 0.3 is 5.97 Å². The van der Waals surface area contributed by atoms with Gasteiger partial charge in [0.1, 0.15) is 0 Å². The van der Waals surface area contributed by atoms with Gasteiger partial charge in [-0.3, -0.25) is 14.4 Å². The number of aliphatic carboxylic acids is 1. The van der Waals surface area contributed by atoms with Crippen LogP contribution in [0.15, 0.2) is 24.3 Å². The molecule has 0 spiro atoms. The van der Waals surface area contributed by atoms with E-state index in [-0.39, 0.29) is 23.9 Å². The van der Waals surface area contributed by atoms with Crippen LogP contribution in [0.4, 0.5) is 0 Å². The molecule has 6 nitrogen and oxygen atoms in total. The molecule has 0 heterocycles. The minimum absolute atomic E-state index is 0.0268. The smallest absolute Gasteiger partial charge is 0.303 e. The fourth-order valence-corrected chi connectivity index (χ4v) is 3.45. The predicted molar refractivity (Wildman–Crippen MR) is 94.3 cm³/mol. The van der Waals surface area contributed by atoms with Crippen LogP contribution < -0.4 is 11.1 Å². The third-order valence-electron chi connectivity index (χ3n) is 4.79. The number of primary amides is 1. The molecule has 6 heteroatoms. The van der Waals surface area contributed by atoms with E-state index in [1.807, 2.05) is 0 Å². The molecule has 1 fully saturated rings. The van der Waals surface area contributed by atoms with Gasteiger partial charge < -0.3 is 16.2 Å². The molecule has 1 aliphatic carbocycles. The highest BCUT2D eigenvalue weighted by Gasteiger charge is 2.22. The van der Waals surface area contributed by atoms with Crippen molar-refractivity contribution in [3.05, 3.63) is 35.4 Å². The van der Waals surface area contributed by atoms with Gasteiger partial charge in [0, 0.05) is 23.6 Å². The van der Waals surface area contributed by atoms with Crippen molar-refractivity contribution in [1.29, 1.82) is 0 Å². The van der Waals surface area contributed by atoms with Gasteiger partial charge in [0.2, 0.25) is 5.91 Å². The summed E-state index contributed by atoms with van der Waals surface area (Å²) in [6.45, 7) is 0. The highest BCUT2D eigenvalue weighted by molar-refractivity contribution is 5.99. The van der Waals surface area contributed by atoms with E-state index in [0.29, 0.717) is 17.9 Å². The number of hydrogen-bond donors (Lipinski definition) is 3. The Hall–Kier alpha value is -2.37. The van der Waals surface area contributed by atoms with Crippen LogP contribution in [0.25, 0.3) is 0 Å². The van der Waals surface area contributed by atoms with Crippen molar-refractivity contribution in [3.8, 4) is 0 Å². The fraction of sp³-hybridized carbons (Fsp3) is 0.526. The zero-order valence-corrected chi connectivity index (χ0v) is 14.4. The molecule has 1 aromatic rings. The fourth-order valence-electron chi connectivity index (χ4n) is 3.45. The summed E-state index contributed by atoms with van der Waals surface area (Å²) in [4.78, 5) is 34.7. The SMILES string of the molecule is NC(=O)c1cccc(C(=O)NC(CCC(=O)O)CC2CCCCC2)c1. The summed E-state index contributed by atoms with van der Waals surface area (Å²) in [7, 11) is 0. The van der Waals surface area contributed by atoms with Gasteiger partial charge in [-0.2, -0.15) is 0 Å². The molecule has 0 aromatic heterocycles. The first kappa shape index (κ1) is 19.0. The zero-order valence-electron chi connectivity index (χ0n) is 14.4. The standard InChI is InChI=1S/C19H26N2O4/c20-18(24)14-7-4-8-15(12-14)19(25)21-16(9-10-17(22)23)11-13-5-2-1-3-6-13/h4,7-8,12-13,16H,1-3,5-6,9-11H2,(H2,20,24)(H,21,25)(H,22,23). The Balaban J connectivity index is 2.03. The molecule has 0 aliphatic heterocycles. The molecular formula is C19H26N2O4. The lowest BCUT2D eigenvalue weighted by Gasteiger charge is -2.27. The molecule has 0 bridgehead atoms. The van der Waals surface area contributed by atoms with Crippen LogP contribution in [0.2, 0.25) is 0 Å². The molecule has 1 saturated carbocycles. The number of nitrogens with two attached hydrogens (primary N) is 1. The van der Waals surface area contributed by atoms with E-state index in [2.05, 4.69) is 5.32 Å². The van der Waals surface area contributed by atoms with Crippen LogP contribution in [0.3, 0.4) is 0 Å². The number of rotatable bonds is 8. The first-order chi connectivity index (χ1) is 12.0. The van der Waals surface area contributed by atoms with Crippen molar-refractivity contribution < 1.29 is 19.5 Å². The summed E-state index contributed by atoms with van der Waals surface area (Å²) < 4.78 is 0. The van der Waals surface area contributed by atoms with Crippen LogP contribution in [0, 0.1) is 5.92 Å². The van der Waals surface area contributed by atoms with E-state index >= 15 is 0 Å². The van der Waals surface area contributed by atoms with Crippen LogP contribution in [-0.2, 0) is 4.79 Å². The summed E-state index contributed by atoms with van der Waals surface area (Å²) in [5.74, 6) is -1.21. The predicted octanol–water partition coefficient (Wildman–Crippen LogP) is 2.72. The van der Waals surface area contributed by atoms with E-state index in [0.717, 1.165) is 19.3 Å². The number of carboxylic acid groups (broad SMARTS) is 1. The number of hydrogen-bond acceptors (Lipinski definition) is 3. The summed E-state index contributed by atoms with van der Waals surface area (Å²) in [5.41, 5.74) is 5.89. The van der Waals surface area contributed by atoms with Gasteiger partial charge in [0.15, 0.2) is 0 Å². The quantitative estimate of drug-likeness (QED) is 0.672. The summed E-state index contributed by atoms with van der Waals surface area (Å²) >= 11 is 0. The van der Waals surface area contributed by atoms with Crippen LogP contribution in [-0.4, -0.2) is 28.9 Å². The number of nitrogens with one attached hydrogen (secondary N) is 1. The van der Waals surface area contributed by atoms with Crippen molar-refractivity contribution in [2.75, 3.05) is 0 Å². The highest BCUT2D eigenvalue weighted by Crippen LogP contribution is 2.28. The van der Waals surface area contributed by atoms with Gasteiger partial charge in [-0.15, -0.1) is 0 Å². The van der Waals surface area contributed by atoms with Crippen LogP contribution in [0.5, 0.6) is 0 Å². The van der Waals surface area contributed by atoms with Crippen LogP contribution in [0.1, 0.15) is 72.1 Å². The summed E-state index contributed by atoms with van der Waals surface area (Å²) in [6.07, 6.45) is 7.16. The van der Waals surface area contributed by atoms with Crippen molar-refractivity contribution in [1.82, 2.24) is 5.32 Å². The van der Waals surface area contributed by atoms with Crippen molar-refractivity contribution in [2.24, 2.45) is 11.7 Å². The summed E-state index contributed by atoms with van der Waals surface area (Å²) in [6, 6.07) is 6.08. The average molecular weight is 346 g/mol. The van der Waals surface area contributed by atoms with Crippen LogP contribution >= 0.6 is 0 Å². The van der Waals surface area contributed by atoms with Crippen molar-refractivity contribution >= 4 is 17.8 Å². The maximum atomic E-state index is 12.5. The third-order valence-corrected chi connectivity index (χ3v) is 4.79. The first-order valence-corrected chi connectivity index (χ1v) is 8.88. The lowest BCUT2D eigenvalue weighted by molar-refractivity contribution is -0.137. The van der Waals surface area contributed by atoms with Gasteiger partial charge in [0.25, 0.3) is 5.91 Å². The lowest BCUT2D eigenvalue weighted by Crippen LogP contribution is -2.37. The Bertz CT molecular complexity index is 624. The number of benzene rings is 1. The number of amides is 2. The van der Waals surface area contributed by atoms with Gasteiger partial charge in [0.05, 0.1) is 0 Å². The normalized spacial score (nSPS) is 16.2. The Morgan fingerprint density at radius 1 is 1.16 bits per heavy atom. The second-order valence-corrected chi connectivity index (χ2v) is 6.79. The molecule has 25 heavy (non-hydrogen) atoms. The van der Waals surface area contributed by atoms with E-state index in [1.54, 1.807) is 18.2 Å². The van der Waals surface area contributed by atoms with Gasteiger partial charge in [-0.1, -0.05) is 38.2 Å². The van der Waals surface area contributed by atoms with Crippen molar-refractivity contribution in [3.63, 3.8) is 0 Å². The topological polar surface area (TPSA) is 109 Å². The molecule has 1 atom stereocenters. The van der Waals surface area contributed by atoms with E-state index in [1.165, 1.54) is 25.3 Å². The molecular weight excluding hydrogens is 320 g/mol. The minimum atomic E-state index is -0.862. The highest BCUT2D eigenvalue weighted by atomic mass is 16.4. The van der Waals surface area contributed by atoms with E-state index in [9.17, 15) is 14.4 Å². The maximum absolute atomic E-state index is 12.5. The first-order valence-electron chi connectivity index (χ1n) is 8.88. The molecule has 2 amide bonds.